The fourth-order valence-corrected chi connectivity index (χ4v) is 3.17. The zero-order chi connectivity index (χ0) is 18.0. The van der Waals surface area contributed by atoms with Crippen LogP contribution in [-0.2, 0) is 0 Å². The lowest BCUT2D eigenvalue weighted by atomic mass is 9.84. The molecule has 25 heavy (non-hydrogen) atoms. The highest BCUT2D eigenvalue weighted by Crippen LogP contribution is 2.41. The van der Waals surface area contributed by atoms with Crippen molar-refractivity contribution in [1.29, 1.82) is 10.5 Å². The molecule has 3 nitrogen and oxygen atoms in total. The van der Waals surface area contributed by atoms with Crippen molar-refractivity contribution in [1.82, 2.24) is 0 Å². The number of aryl methyl sites for hydroxylation is 1. The zero-order valence-corrected chi connectivity index (χ0v) is 14.2. The Bertz CT molecular complexity index is 1020. The third-order valence-electron chi connectivity index (χ3n) is 4.41. The van der Waals surface area contributed by atoms with Crippen LogP contribution in [0.4, 0.5) is 5.69 Å². The molecule has 0 fully saturated rings. The summed E-state index contributed by atoms with van der Waals surface area (Å²) in [6, 6.07) is 22.1. The Kier molecular flexibility index (Phi) is 4.25. The van der Waals surface area contributed by atoms with Gasteiger partial charge in [0.15, 0.2) is 0 Å². The first-order valence-electron chi connectivity index (χ1n) is 7.97. The molecule has 0 aliphatic carbocycles. The van der Waals surface area contributed by atoms with Crippen LogP contribution in [0.5, 0.6) is 0 Å². The van der Waals surface area contributed by atoms with Gasteiger partial charge in [-0.1, -0.05) is 60.2 Å². The monoisotopic (exact) mass is 323 g/mol. The lowest BCUT2D eigenvalue weighted by Gasteiger charge is -2.18. The van der Waals surface area contributed by atoms with E-state index in [4.69, 9.17) is 5.73 Å². The van der Waals surface area contributed by atoms with Crippen molar-refractivity contribution in [2.24, 2.45) is 0 Å². The predicted octanol–water partition coefficient (Wildman–Crippen LogP) is 4.96. The van der Waals surface area contributed by atoms with E-state index in [9.17, 15) is 10.5 Å². The number of benzene rings is 3. The smallest absolute Gasteiger partial charge is 0.102 e. The normalized spacial score (nSPS) is 10.1. The van der Waals surface area contributed by atoms with Gasteiger partial charge in [0.1, 0.15) is 12.1 Å². The number of nitrogen functional groups attached to an aromatic ring is 1. The van der Waals surface area contributed by atoms with E-state index >= 15 is 0 Å². The summed E-state index contributed by atoms with van der Waals surface area (Å²) in [5.41, 5.74) is 12.6. The predicted molar refractivity (Wildman–Crippen MR) is 101 cm³/mol. The summed E-state index contributed by atoms with van der Waals surface area (Å²) in [5.74, 6) is 0. The highest BCUT2D eigenvalue weighted by Gasteiger charge is 2.22. The Labute approximate surface area is 147 Å². The van der Waals surface area contributed by atoms with E-state index in [-0.39, 0.29) is 5.69 Å². The van der Waals surface area contributed by atoms with Crippen LogP contribution < -0.4 is 5.73 Å². The van der Waals surface area contributed by atoms with Gasteiger partial charge in [0.25, 0.3) is 0 Å². The molecule has 0 amide bonds. The average Bonchev–Trinajstić information content (AvgIpc) is 2.64. The van der Waals surface area contributed by atoms with E-state index in [0.717, 1.165) is 33.4 Å². The molecule has 0 heterocycles. The quantitative estimate of drug-likeness (QED) is 0.677. The maximum absolute atomic E-state index is 9.68. The van der Waals surface area contributed by atoms with E-state index in [1.165, 1.54) is 0 Å². The minimum absolute atomic E-state index is 0.241. The second-order valence-corrected chi connectivity index (χ2v) is 5.99. The molecule has 3 heteroatoms. The van der Waals surface area contributed by atoms with Gasteiger partial charge in [-0.05, 0) is 30.5 Å². The van der Waals surface area contributed by atoms with Crippen molar-refractivity contribution in [3.63, 3.8) is 0 Å². The number of anilines is 1. The fraction of sp³-hybridized carbons (Fsp3) is 0.0909. The number of nitriles is 2. The zero-order valence-electron chi connectivity index (χ0n) is 14.2. The molecule has 0 saturated carbocycles. The SMILES string of the molecule is Cc1ccc(-c2c(C)c(-c3ccccc3)c(C#N)c(N)c2C#N)cc1. The van der Waals surface area contributed by atoms with Crippen molar-refractivity contribution >= 4 is 5.69 Å². The van der Waals surface area contributed by atoms with Crippen LogP contribution in [0.15, 0.2) is 54.6 Å². The largest absolute Gasteiger partial charge is 0.397 e. The highest BCUT2D eigenvalue weighted by atomic mass is 14.6. The minimum atomic E-state index is 0.241. The summed E-state index contributed by atoms with van der Waals surface area (Å²) in [6.45, 7) is 3.96. The van der Waals surface area contributed by atoms with Gasteiger partial charge in [-0.2, -0.15) is 10.5 Å². The molecular formula is C22H17N3. The Morgan fingerprint density at radius 2 is 1.20 bits per heavy atom. The lowest BCUT2D eigenvalue weighted by molar-refractivity contribution is 1.37. The van der Waals surface area contributed by atoms with Crippen molar-refractivity contribution in [3.05, 3.63) is 76.9 Å². The van der Waals surface area contributed by atoms with Crippen LogP contribution in [-0.4, -0.2) is 0 Å². The van der Waals surface area contributed by atoms with E-state index in [1.807, 2.05) is 68.4 Å². The number of hydrogen-bond donors (Lipinski definition) is 1. The van der Waals surface area contributed by atoms with Crippen LogP contribution in [0.3, 0.4) is 0 Å². The molecule has 0 atom stereocenters. The van der Waals surface area contributed by atoms with Crippen LogP contribution in [0.25, 0.3) is 22.3 Å². The Hall–Kier alpha value is -3.56. The Morgan fingerprint density at radius 3 is 1.68 bits per heavy atom. The average molecular weight is 323 g/mol. The van der Waals surface area contributed by atoms with Crippen LogP contribution in [0, 0.1) is 36.5 Å². The molecule has 0 bridgehead atoms. The van der Waals surface area contributed by atoms with Gasteiger partial charge < -0.3 is 5.73 Å². The van der Waals surface area contributed by atoms with Gasteiger partial charge in [-0.3, -0.25) is 0 Å². The summed E-state index contributed by atoms with van der Waals surface area (Å²) in [6.07, 6.45) is 0. The Balaban J connectivity index is 2.44. The van der Waals surface area contributed by atoms with Gasteiger partial charge in [-0.15, -0.1) is 0 Å². The van der Waals surface area contributed by atoms with Crippen molar-refractivity contribution in [2.45, 2.75) is 13.8 Å². The van der Waals surface area contributed by atoms with E-state index in [0.29, 0.717) is 11.1 Å². The molecule has 0 radical (unpaired) electrons. The Morgan fingerprint density at radius 1 is 0.720 bits per heavy atom. The molecule has 0 aromatic heterocycles. The molecule has 0 spiro atoms. The van der Waals surface area contributed by atoms with Crippen LogP contribution in [0.1, 0.15) is 22.3 Å². The topological polar surface area (TPSA) is 73.6 Å². The maximum Gasteiger partial charge on any atom is 0.102 e. The molecule has 0 unspecified atom stereocenters. The molecule has 0 aliphatic rings. The standard InChI is InChI=1S/C22H17N3/c1-14-8-10-17(11-9-14)21-15(2)20(16-6-4-3-5-7-16)18(12-23)22(25)19(21)13-24/h3-11H,25H2,1-2H3. The number of nitrogens with two attached hydrogens (primary N) is 1. The summed E-state index contributed by atoms with van der Waals surface area (Å²) >= 11 is 0. The molecular weight excluding hydrogens is 306 g/mol. The minimum Gasteiger partial charge on any atom is -0.397 e. The van der Waals surface area contributed by atoms with E-state index < -0.39 is 0 Å². The molecule has 3 rings (SSSR count). The third-order valence-corrected chi connectivity index (χ3v) is 4.41. The van der Waals surface area contributed by atoms with Gasteiger partial charge in [-0.25, -0.2) is 0 Å². The summed E-state index contributed by atoms with van der Waals surface area (Å²) in [7, 11) is 0. The lowest BCUT2D eigenvalue weighted by Crippen LogP contribution is -2.04. The maximum atomic E-state index is 9.68. The van der Waals surface area contributed by atoms with E-state index in [2.05, 4.69) is 12.1 Å². The van der Waals surface area contributed by atoms with Crippen molar-refractivity contribution in [2.75, 3.05) is 5.73 Å². The molecule has 0 aliphatic heterocycles. The van der Waals surface area contributed by atoms with Crippen LogP contribution >= 0.6 is 0 Å². The highest BCUT2D eigenvalue weighted by molar-refractivity contribution is 5.92. The molecule has 2 N–H and O–H groups in total. The van der Waals surface area contributed by atoms with Crippen LogP contribution in [0.2, 0.25) is 0 Å². The summed E-state index contributed by atoms with van der Waals surface area (Å²) in [4.78, 5) is 0. The van der Waals surface area contributed by atoms with Gasteiger partial charge in [0, 0.05) is 11.1 Å². The molecule has 120 valence electrons. The first-order valence-corrected chi connectivity index (χ1v) is 7.97. The second-order valence-electron chi connectivity index (χ2n) is 5.99. The summed E-state index contributed by atoms with van der Waals surface area (Å²) in [5, 5.41) is 19.3. The molecule has 3 aromatic rings. The first-order chi connectivity index (χ1) is 12.1. The fourth-order valence-electron chi connectivity index (χ4n) is 3.17. The van der Waals surface area contributed by atoms with Gasteiger partial charge >= 0.3 is 0 Å². The van der Waals surface area contributed by atoms with Gasteiger partial charge in [0.2, 0.25) is 0 Å². The van der Waals surface area contributed by atoms with Crippen molar-refractivity contribution in [3.8, 4) is 34.4 Å². The molecule has 0 saturated heterocycles. The number of rotatable bonds is 2. The molecule has 3 aromatic carbocycles. The number of hydrogen-bond acceptors (Lipinski definition) is 3. The number of nitrogens with zero attached hydrogens (tertiary/aromatic N) is 2. The second kappa shape index (κ2) is 6.51. The van der Waals surface area contributed by atoms with Crippen molar-refractivity contribution < 1.29 is 0 Å². The van der Waals surface area contributed by atoms with Gasteiger partial charge in [0.05, 0.1) is 16.8 Å². The first kappa shape index (κ1) is 16.3. The van der Waals surface area contributed by atoms with E-state index in [1.54, 1.807) is 0 Å². The summed E-state index contributed by atoms with van der Waals surface area (Å²) < 4.78 is 0. The third kappa shape index (κ3) is 2.73.